The molecule has 1 saturated heterocycles. The second-order valence-corrected chi connectivity index (χ2v) is 6.55. The minimum absolute atomic E-state index is 0.00322. The standard InChI is InChI=1S/C19H22ClN3O2/c1-15(25-18-5-3-2-4-17(18)20)19(24)23-12-10-22(11-13-23)14-16-6-8-21-9-7-16/h2-9,15H,10-14H2,1H3. The van der Waals surface area contributed by atoms with Gasteiger partial charge in [-0.05, 0) is 36.8 Å². The molecule has 1 aliphatic rings. The number of carbonyl (C=O) groups is 1. The number of nitrogens with zero attached hydrogens (tertiary/aromatic N) is 3. The number of halogens is 1. The maximum atomic E-state index is 12.6. The fourth-order valence-corrected chi connectivity index (χ4v) is 3.09. The third-order valence-electron chi connectivity index (χ3n) is 4.33. The minimum atomic E-state index is -0.549. The van der Waals surface area contributed by atoms with Crippen LogP contribution in [0.2, 0.25) is 5.02 Å². The number of pyridine rings is 1. The monoisotopic (exact) mass is 359 g/mol. The zero-order valence-electron chi connectivity index (χ0n) is 14.3. The first-order valence-electron chi connectivity index (χ1n) is 8.45. The number of ether oxygens (including phenoxy) is 1. The van der Waals surface area contributed by atoms with Crippen LogP contribution in [0.3, 0.4) is 0 Å². The third-order valence-corrected chi connectivity index (χ3v) is 4.64. The van der Waals surface area contributed by atoms with Gasteiger partial charge in [-0.2, -0.15) is 0 Å². The Balaban J connectivity index is 1.50. The van der Waals surface area contributed by atoms with E-state index < -0.39 is 6.10 Å². The van der Waals surface area contributed by atoms with Crippen molar-refractivity contribution in [2.75, 3.05) is 26.2 Å². The molecule has 0 saturated carbocycles. The number of para-hydroxylation sites is 1. The average Bonchev–Trinajstić information content (AvgIpc) is 2.64. The number of rotatable bonds is 5. The van der Waals surface area contributed by atoms with Crippen LogP contribution in [-0.2, 0) is 11.3 Å². The van der Waals surface area contributed by atoms with Gasteiger partial charge < -0.3 is 9.64 Å². The Morgan fingerprint density at radius 3 is 2.52 bits per heavy atom. The first-order valence-corrected chi connectivity index (χ1v) is 8.82. The topological polar surface area (TPSA) is 45.7 Å². The number of benzene rings is 1. The molecule has 3 rings (SSSR count). The van der Waals surface area contributed by atoms with Crippen molar-refractivity contribution < 1.29 is 9.53 Å². The molecular formula is C19H22ClN3O2. The molecule has 2 aromatic rings. The van der Waals surface area contributed by atoms with E-state index in [0.717, 1.165) is 19.6 Å². The highest BCUT2D eigenvalue weighted by atomic mass is 35.5. The number of hydrogen-bond acceptors (Lipinski definition) is 4. The average molecular weight is 360 g/mol. The number of hydrogen-bond donors (Lipinski definition) is 0. The number of carbonyl (C=O) groups excluding carboxylic acids is 1. The Bertz CT molecular complexity index is 703. The Morgan fingerprint density at radius 2 is 1.84 bits per heavy atom. The summed E-state index contributed by atoms with van der Waals surface area (Å²) in [5.74, 6) is 0.546. The van der Waals surface area contributed by atoms with Gasteiger partial charge in [-0.3, -0.25) is 14.7 Å². The summed E-state index contributed by atoms with van der Waals surface area (Å²) in [6, 6.07) is 11.3. The van der Waals surface area contributed by atoms with Crippen molar-refractivity contribution in [2.24, 2.45) is 0 Å². The highest BCUT2D eigenvalue weighted by Gasteiger charge is 2.26. The van der Waals surface area contributed by atoms with Gasteiger partial charge in [-0.1, -0.05) is 23.7 Å². The molecule has 2 heterocycles. The van der Waals surface area contributed by atoms with Crippen LogP contribution in [0.15, 0.2) is 48.8 Å². The van der Waals surface area contributed by atoms with Crippen molar-refractivity contribution in [2.45, 2.75) is 19.6 Å². The summed E-state index contributed by atoms with van der Waals surface area (Å²) >= 11 is 6.09. The fourth-order valence-electron chi connectivity index (χ4n) is 2.91. The van der Waals surface area contributed by atoms with Gasteiger partial charge in [0.05, 0.1) is 5.02 Å². The molecule has 1 fully saturated rings. The van der Waals surface area contributed by atoms with Gasteiger partial charge in [-0.25, -0.2) is 0 Å². The molecule has 5 nitrogen and oxygen atoms in total. The van der Waals surface area contributed by atoms with Crippen molar-refractivity contribution in [1.29, 1.82) is 0 Å². The van der Waals surface area contributed by atoms with Gasteiger partial charge in [0.15, 0.2) is 6.10 Å². The van der Waals surface area contributed by atoms with Crippen molar-refractivity contribution in [1.82, 2.24) is 14.8 Å². The van der Waals surface area contributed by atoms with E-state index >= 15 is 0 Å². The van der Waals surface area contributed by atoms with Crippen LogP contribution in [0.25, 0.3) is 0 Å². The second kappa shape index (κ2) is 8.32. The van der Waals surface area contributed by atoms with E-state index in [0.29, 0.717) is 23.9 Å². The maximum absolute atomic E-state index is 12.6. The summed E-state index contributed by atoms with van der Waals surface area (Å²) in [7, 11) is 0. The van der Waals surface area contributed by atoms with Crippen LogP contribution in [0.4, 0.5) is 0 Å². The summed E-state index contributed by atoms with van der Waals surface area (Å²) in [6.07, 6.45) is 3.07. The molecule has 0 aliphatic carbocycles. The van der Waals surface area contributed by atoms with Crippen LogP contribution in [0, 0.1) is 0 Å². The normalized spacial score (nSPS) is 16.5. The molecule has 1 amide bonds. The molecule has 1 unspecified atom stereocenters. The molecule has 1 aliphatic heterocycles. The van der Waals surface area contributed by atoms with Gasteiger partial charge in [0.25, 0.3) is 5.91 Å². The number of aromatic nitrogens is 1. The molecule has 0 radical (unpaired) electrons. The predicted octanol–water partition coefficient (Wildman–Crippen LogP) is 2.85. The quantitative estimate of drug-likeness (QED) is 0.823. The summed E-state index contributed by atoms with van der Waals surface area (Å²) in [5, 5.41) is 0.518. The molecule has 1 aromatic heterocycles. The van der Waals surface area contributed by atoms with Gasteiger partial charge in [0, 0.05) is 45.1 Å². The van der Waals surface area contributed by atoms with E-state index in [-0.39, 0.29) is 5.91 Å². The smallest absolute Gasteiger partial charge is 0.263 e. The number of piperazine rings is 1. The van der Waals surface area contributed by atoms with E-state index in [2.05, 4.69) is 9.88 Å². The van der Waals surface area contributed by atoms with E-state index in [1.807, 2.05) is 41.6 Å². The largest absolute Gasteiger partial charge is 0.479 e. The predicted molar refractivity (Wildman–Crippen MR) is 97.6 cm³/mol. The lowest BCUT2D eigenvalue weighted by atomic mass is 10.2. The van der Waals surface area contributed by atoms with E-state index in [4.69, 9.17) is 16.3 Å². The fraction of sp³-hybridized carbons (Fsp3) is 0.368. The third kappa shape index (κ3) is 4.71. The molecule has 6 heteroatoms. The van der Waals surface area contributed by atoms with Gasteiger partial charge >= 0.3 is 0 Å². The Labute approximate surface area is 153 Å². The van der Waals surface area contributed by atoms with Gasteiger partial charge in [0.1, 0.15) is 5.75 Å². The lowest BCUT2D eigenvalue weighted by Crippen LogP contribution is -2.51. The van der Waals surface area contributed by atoms with Crippen LogP contribution in [0.1, 0.15) is 12.5 Å². The van der Waals surface area contributed by atoms with Crippen molar-refractivity contribution in [3.63, 3.8) is 0 Å². The van der Waals surface area contributed by atoms with E-state index in [9.17, 15) is 4.79 Å². The van der Waals surface area contributed by atoms with Crippen molar-refractivity contribution in [3.8, 4) is 5.75 Å². The first-order chi connectivity index (χ1) is 12.1. The Kier molecular flexibility index (Phi) is 5.89. The molecule has 0 N–H and O–H groups in total. The van der Waals surface area contributed by atoms with Crippen LogP contribution < -0.4 is 4.74 Å². The minimum Gasteiger partial charge on any atom is -0.479 e. The van der Waals surface area contributed by atoms with Crippen LogP contribution in [0.5, 0.6) is 5.75 Å². The lowest BCUT2D eigenvalue weighted by molar-refractivity contribution is -0.139. The molecule has 0 spiro atoms. The summed E-state index contributed by atoms with van der Waals surface area (Å²) < 4.78 is 5.74. The molecule has 1 atom stereocenters. The SMILES string of the molecule is CC(Oc1ccccc1Cl)C(=O)N1CCN(Cc2ccncc2)CC1. The van der Waals surface area contributed by atoms with Crippen LogP contribution in [-0.4, -0.2) is 53.0 Å². The van der Waals surface area contributed by atoms with Crippen molar-refractivity contribution >= 4 is 17.5 Å². The number of amides is 1. The zero-order chi connectivity index (χ0) is 17.6. The summed E-state index contributed by atoms with van der Waals surface area (Å²) in [5.41, 5.74) is 1.24. The Morgan fingerprint density at radius 1 is 1.16 bits per heavy atom. The highest BCUT2D eigenvalue weighted by Crippen LogP contribution is 2.24. The zero-order valence-corrected chi connectivity index (χ0v) is 15.0. The molecule has 132 valence electrons. The van der Waals surface area contributed by atoms with Crippen molar-refractivity contribution in [3.05, 3.63) is 59.4 Å². The van der Waals surface area contributed by atoms with Gasteiger partial charge in [-0.15, -0.1) is 0 Å². The van der Waals surface area contributed by atoms with E-state index in [1.165, 1.54) is 5.56 Å². The van der Waals surface area contributed by atoms with E-state index in [1.54, 1.807) is 19.1 Å². The van der Waals surface area contributed by atoms with Crippen LogP contribution >= 0.6 is 11.6 Å². The second-order valence-electron chi connectivity index (χ2n) is 6.15. The lowest BCUT2D eigenvalue weighted by Gasteiger charge is -2.35. The highest BCUT2D eigenvalue weighted by molar-refractivity contribution is 6.32. The molecule has 0 bridgehead atoms. The maximum Gasteiger partial charge on any atom is 0.263 e. The Hall–Kier alpha value is -2.11. The molecule has 25 heavy (non-hydrogen) atoms. The molecule has 1 aromatic carbocycles. The first kappa shape index (κ1) is 17.7. The van der Waals surface area contributed by atoms with Gasteiger partial charge in [0.2, 0.25) is 0 Å². The summed E-state index contributed by atoms with van der Waals surface area (Å²) in [4.78, 5) is 20.9. The molecular weight excluding hydrogens is 338 g/mol. The summed E-state index contributed by atoms with van der Waals surface area (Å²) in [6.45, 7) is 5.78.